The maximum absolute atomic E-state index is 12.5. The van der Waals surface area contributed by atoms with Gasteiger partial charge in [0, 0.05) is 18.5 Å². The highest BCUT2D eigenvalue weighted by Gasteiger charge is 2.45. The number of carbonyl (C=O) groups is 1. The van der Waals surface area contributed by atoms with Gasteiger partial charge in [0.1, 0.15) is 5.75 Å². The monoisotopic (exact) mass is 353 g/mol. The Morgan fingerprint density at radius 1 is 1.32 bits per heavy atom. The maximum atomic E-state index is 12.5. The number of likely N-dealkylation sites (tertiary alicyclic amines) is 1. The number of rotatable bonds is 3. The van der Waals surface area contributed by atoms with Gasteiger partial charge < -0.3 is 14.7 Å². The number of nitrogens with zero attached hydrogens (tertiary/aromatic N) is 1. The highest BCUT2D eigenvalue weighted by atomic mass is 19.4. The first-order valence-electron chi connectivity index (χ1n) is 7.90. The number of hydrogen-bond acceptors (Lipinski definition) is 2. The average Bonchev–Trinajstić information content (AvgIpc) is 2.50. The first-order valence-corrected chi connectivity index (χ1v) is 7.90. The fourth-order valence-electron chi connectivity index (χ4n) is 3.51. The number of ether oxygens (including phenoxy) is 1. The van der Waals surface area contributed by atoms with Crippen molar-refractivity contribution in [1.29, 1.82) is 0 Å². The molecule has 1 aliphatic heterocycles. The van der Waals surface area contributed by atoms with Crippen molar-refractivity contribution in [2.24, 2.45) is 5.41 Å². The van der Waals surface area contributed by atoms with Crippen LogP contribution in [0.1, 0.15) is 30.4 Å². The minimum absolute atomic E-state index is 0.0246. The molecule has 1 aromatic rings. The lowest BCUT2D eigenvalue weighted by Gasteiger charge is -2.50. The Morgan fingerprint density at radius 2 is 2.04 bits per heavy atom. The Morgan fingerprint density at radius 3 is 2.56 bits per heavy atom. The van der Waals surface area contributed by atoms with Crippen molar-refractivity contribution in [1.82, 2.24) is 4.90 Å². The molecule has 134 valence electrons. The third-order valence-electron chi connectivity index (χ3n) is 4.80. The van der Waals surface area contributed by atoms with Crippen LogP contribution >= 0.6 is 0 Å². The number of hydrogen-bond donors (Lipinski definition) is 1. The lowest BCUT2D eigenvalue weighted by Crippen LogP contribution is -2.58. The topological polar surface area (TPSA) is 49.8 Å². The van der Waals surface area contributed by atoms with E-state index in [9.17, 15) is 18.0 Å². The van der Waals surface area contributed by atoms with Crippen LogP contribution in [0.5, 0.6) is 5.75 Å². The zero-order valence-corrected chi connectivity index (χ0v) is 13.5. The third kappa shape index (κ3) is 3.81. The van der Waals surface area contributed by atoms with Crippen LogP contribution in [-0.2, 0) is 0 Å². The Balaban J connectivity index is 1.78. The van der Waals surface area contributed by atoms with E-state index in [1.807, 2.05) is 6.08 Å². The summed E-state index contributed by atoms with van der Waals surface area (Å²) in [7, 11) is 0. The highest BCUT2D eigenvalue weighted by Crippen LogP contribution is 2.45. The predicted molar refractivity (Wildman–Crippen MR) is 87.1 cm³/mol. The summed E-state index contributed by atoms with van der Waals surface area (Å²) in [6.45, 7) is 4.64. The summed E-state index contributed by atoms with van der Waals surface area (Å²) in [6, 6.07) is 4.46. The van der Waals surface area contributed by atoms with Crippen molar-refractivity contribution < 1.29 is 27.8 Å². The summed E-state index contributed by atoms with van der Waals surface area (Å²) in [4.78, 5) is 12.3. The molecule has 1 N–H and O–H groups in total. The van der Waals surface area contributed by atoms with Crippen LogP contribution in [0.3, 0.4) is 0 Å². The first kappa shape index (κ1) is 17.4. The maximum Gasteiger partial charge on any atom is 0.573 e. The summed E-state index contributed by atoms with van der Waals surface area (Å²) < 4.78 is 41.5. The molecule has 0 saturated carbocycles. The zero-order chi connectivity index (χ0) is 18.2. The van der Waals surface area contributed by atoms with E-state index in [2.05, 4.69) is 11.3 Å². The van der Waals surface area contributed by atoms with E-state index in [1.54, 1.807) is 6.07 Å². The zero-order valence-electron chi connectivity index (χ0n) is 13.5. The van der Waals surface area contributed by atoms with Crippen molar-refractivity contribution in [3.63, 3.8) is 0 Å². The van der Waals surface area contributed by atoms with Gasteiger partial charge in [-0.1, -0.05) is 18.7 Å². The van der Waals surface area contributed by atoms with Gasteiger partial charge in [-0.2, -0.15) is 0 Å². The van der Waals surface area contributed by atoms with E-state index in [4.69, 9.17) is 5.11 Å². The predicted octanol–water partition coefficient (Wildman–Crippen LogP) is 4.78. The van der Waals surface area contributed by atoms with E-state index in [-0.39, 0.29) is 11.2 Å². The fourth-order valence-corrected chi connectivity index (χ4v) is 3.51. The highest BCUT2D eigenvalue weighted by molar-refractivity contribution is 5.71. The fraction of sp³-hybridized carbons (Fsp3) is 0.389. The Hall–Kier alpha value is -2.44. The summed E-state index contributed by atoms with van der Waals surface area (Å²) in [5, 5.41) is 8.95. The van der Waals surface area contributed by atoms with Crippen LogP contribution in [0.4, 0.5) is 18.0 Å². The summed E-state index contributed by atoms with van der Waals surface area (Å²) >= 11 is 0. The van der Waals surface area contributed by atoms with Crippen LogP contribution in [0.2, 0.25) is 0 Å². The number of alkyl halides is 3. The largest absolute Gasteiger partial charge is 0.573 e. The van der Waals surface area contributed by atoms with Gasteiger partial charge >= 0.3 is 12.5 Å². The lowest BCUT2D eigenvalue weighted by molar-refractivity contribution is -0.274. The molecule has 2 aliphatic rings. The molecule has 0 bridgehead atoms. The van der Waals surface area contributed by atoms with Crippen LogP contribution in [0.15, 0.2) is 30.9 Å². The molecule has 0 aromatic heterocycles. The van der Waals surface area contributed by atoms with Crippen molar-refractivity contribution >= 4 is 17.7 Å². The van der Waals surface area contributed by atoms with E-state index in [0.29, 0.717) is 30.6 Å². The van der Waals surface area contributed by atoms with E-state index < -0.39 is 12.5 Å². The van der Waals surface area contributed by atoms with Crippen LogP contribution < -0.4 is 4.74 Å². The molecule has 25 heavy (non-hydrogen) atoms. The standard InChI is InChI=1S/C18H18F3NO3/c1-2-12-7-14(9-15(8-12)25-18(19,20)21)13-3-5-17(6-4-13)10-22(11-17)16(23)24/h2-3,7-9H,1,4-6,10-11H2,(H,23,24). The quantitative estimate of drug-likeness (QED) is 0.851. The summed E-state index contributed by atoms with van der Waals surface area (Å²) in [5.41, 5.74) is 2.16. The summed E-state index contributed by atoms with van der Waals surface area (Å²) in [5.74, 6) is -0.262. The van der Waals surface area contributed by atoms with Crippen molar-refractivity contribution in [3.8, 4) is 5.75 Å². The number of allylic oxidation sites excluding steroid dienone is 2. The van der Waals surface area contributed by atoms with E-state index >= 15 is 0 Å². The molecule has 1 saturated heterocycles. The Kier molecular flexibility index (Phi) is 4.26. The Bertz CT molecular complexity index is 734. The van der Waals surface area contributed by atoms with Gasteiger partial charge in [-0.3, -0.25) is 0 Å². The van der Waals surface area contributed by atoms with E-state index in [1.165, 1.54) is 23.1 Å². The second-order valence-corrected chi connectivity index (χ2v) is 6.61. The number of carboxylic acid groups (broad SMARTS) is 1. The molecule has 0 unspecified atom stereocenters. The van der Waals surface area contributed by atoms with Crippen LogP contribution in [0.25, 0.3) is 11.6 Å². The molecule has 4 nitrogen and oxygen atoms in total. The lowest BCUT2D eigenvalue weighted by atomic mass is 9.69. The SMILES string of the molecule is C=Cc1cc(OC(F)(F)F)cc(C2=CCC3(CC2)CN(C(=O)O)C3)c1. The van der Waals surface area contributed by atoms with Gasteiger partial charge in [-0.25, -0.2) is 4.79 Å². The summed E-state index contributed by atoms with van der Waals surface area (Å²) in [6.07, 6.45) is 0.0636. The van der Waals surface area contributed by atoms with E-state index in [0.717, 1.165) is 18.4 Å². The average molecular weight is 353 g/mol. The number of halogens is 3. The smallest absolute Gasteiger partial charge is 0.465 e. The molecule has 1 fully saturated rings. The van der Waals surface area contributed by atoms with Crippen LogP contribution in [0, 0.1) is 5.41 Å². The van der Waals surface area contributed by atoms with Gasteiger partial charge in [0.2, 0.25) is 0 Å². The normalized spacial score (nSPS) is 19.2. The minimum atomic E-state index is -4.74. The molecule has 7 heteroatoms. The molecule has 1 amide bonds. The van der Waals surface area contributed by atoms with Crippen molar-refractivity contribution in [2.45, 2.75) is 25.6 Å². The molecule has 1 spiro atoms. The molecular weight excluding hydrogens is 335 g/mol. The molecule has 0 atom stereocenters. The van der Waals surface area contributed by atoms with Gasteiger partial charge in [0.25, 0.3) is 0 Å². The minimum Gasteiger partial charge on any atom is -0.465 e. The molecule has 1 aliphatic carbocycles. The molecule has 0 radical (unpaired) electrons. The third-order valence-corrected chi connectivity index (χ3v) is 4.80. The second-order valence-electron chi connectivity index (χ2n) is 6.61. The van der Waals surface area contributed by atoms with Crippen LogP contribution in [-0.4, -0.2) is 35.6 Å². The Labute approximate surface area is 143 Å². The molecular formula is C18H18F3NO3. The number of benzene rings is 1. The van der Waals surface area contributed by atoms with Gasteiger partial charge in [0.15, 0.2) is 0 Å². The number of amides is 1. The molecule has 1 aromatic carbocycles. The first-order chi connectivity index (χ1) is 11.7. The van der Waals surface area contributed by atoms with Gasteiger partial charge in [0.05, 0.1) is 0 Å². The second kappa shape index (κ2) is 6.13. The molecule has 1 heterocycles. The molecule has 3 rings (SSSR count). The van der Waals surface area contributed by atoms with Gasteiger partial charge in [-0.15, -0.1) is 13.2 Å². The van der Waals surface area contributed by atoms with Gasteiger partial charge in [-0.05, 0) is 54.2 Å². The van der Waals surface area contributed by atoms with Crippen molar-refractivity contribution in [2.75, 3.05) is 13.1 Å². The van der Waals surface area contributed by atoms with Crippen molar-refractivity contribution in [3.05, 3.63) is 42.0 Å².